The average molecular weight is 413 g/mol. The first-order valence-corrected chi connectivity index (χ1v) is 11.3. The number of rotatable bonds is 8. The molecule has 30 heavy (non-hydrogen) atoms. The van der Waals surface area contributed by atoms with Crippen LogP contribution >= 0.6 is 0 Å². The number of nitrogens with one attached hydrogen (secondary N) is 1. The molecule has 5 heteroatoms. The summed E-state index contributed by atoms with van der Waals surface area (Å²) in [5.41, 5.74) is 1.35. The van der Waals surface area contributed by atoms with Gasteiger partial charge in [-0.3, -0.25) is 9.78 Å². The van der Waals surface area contributed by atoms with Gasteiger partial charge in [0, 0.05) is 24.7 Å². The topological polar surface area (TPSA) is 60.5 Å². The van der Waals surface area contributed by atoms with Crippen molar-refractivity contribution >= 4 is 16.7 Å². The minimum Gasteiger partial charge on any atom is -0.490 e. The molecule has 1 N–H and O–H groups in total. The lowest BCUT2D eigenvalue weighted by Gasteiger charge is -2.36. The highest BCUT2D eigenvalue weighted by molar-refractivity contribution is 5.83. The summed E-state index contributed by atoms with van der Waals surface area (Å²) in [7, 11) is 0. The molecule has 5 nitrogen and oxygen atoms in total. The molecule has 0 amide bonds. The molecular formula is C25H36N2O3. The summed E-state index contributed by atoms with van der Waals surface area (Å²) in [6.45, 7) is 10.5. The zero-order valence-electron chi connectivity index (χ0n) is 18.9. The van der Waals surface area contributed by atoms with Crippen molar-refractivity contribution in [2.24, 2.45) is 11.3 Å². The van der Waals surface area contributed by atoms with Crippen LogP contribution in [0.2, 0.25) is 0 Å². The fourth-order valence-electron chi connectivity index (χ4n) is 4.21. The number of pyridine rings is 1. The third-order valence-electron chi connectivity index (χ3n) is 6.07. The van der Waals surface area contributed by atoms with Crippen molar-refractivity contribution in [1.82, 2.24) is 10.3 Å². The molecule has 1 fully saturated rings. The normalized spacial score (nSPS) is 19.6. The van der Waals surface area contributed by atoms with E-state index in [9.17, 15) is 4.79 Å². The highest BCUT2D eigenvalue weighted by Gasteiger charge is 2.30. The van der Waals surface area contributed by atoms with Gasteiger partial charge in [0.1, 0.15) is 5.75 Å². The number of aromatic nitrogens is 1. The molecule has 1 aromatic carbocycles. The van der Waals surface area contributed by atoms with Gasteiger partial charge in [0.15, 0.2) is 0 Å². The summed E-state index contributed by atoms with van der Waals surface area (Å²) in [5.74, 6) is 1.56. The fourth-order valence-corrected chi connectivity index (χ4v) is 4.21. The SMILES string of the molecule is CCOC(=O)CCNCc1cc2ccc(O[C@H]3CC[C@H](C(C)(C)C)CC3)cc2cn1. The first-order chi connectivity index (χ1) is 14.3. The van der Waals surface area contributed by atoms with E-state index in [1.165, 1.54) is 12.8 Å². The van der Waals surface area contributed by atoms with Crippen LogP contribution in [-0.2, 0) is 16.1 Å². The van der Waals surface area contributed by atoms with E-state index in [1.807, 2.05) is 13.1 Å². The Labute approximate surface area is 180 Å². The molecule has 1 aromatic heterocycles. The van der Waals surface area contributed by atoms with Crippen molar-refractivity contribution in [2.75, 3.05) is 13.2 Å². The summed E-state index contributed by atoms with van der Waals surface area (Å²) < 4.78 is 11.2. The summed E-state index contributed by atoms with van der Waals surface area (Å²) in [6, 6.07) is 8.35. The largest absolute Gasteiger partial charge is 0.490 e. The van der Waals surface area contributed by atoms with Gasteiger partial charge in [-0.2, -0.15) is 0 Å². The van der Waals surface area contributed by atoms with E-state index in [0.717, 1.165) is 41.0 Å². The van der Waals surface area contributed by atoms with Crippen LogP contribution in [0.15, 0.2) is 30.5 Å². The number of fused-ring (bicyclic) bond motifs is 1. The Morgan fingerprint density at radius 2 is 1.90 bits per heavy atom. The molecule has 3 rings (SSSR count). The van der Waals surface area contributed by atoms with Crippen molar-refractivity contribution in [3.8, 4) is 5.75 Å². The van der Waals surface area contributed by atoms with Crippen LogP contribution in [0.4, 0.5) is 0 Å². The highest BCUT2D eigenvalue weighted by atomic mass is 16.5. The van der Waals surface area contributed by atoms with Gasteiger partial charge in [0.25, 0.3) is 0 Å². The summed E-state index contributed by atoms with van der Waals surface area (Å²) in [4.78, 5) is 15.9. The summed E-state index contributed by atoms with van der Waals surface area (Å²) >= 11 is 0. The van der Waals surface area contributed by atoms with Gasteiger partial charge in [0.2, 0.25) is 0 Å². The molecule has 0 radical (unpaired) electrons. The molecule has 0 aliphatic heterocycles. The second-order valence-electron chi connectivity index (χ2n) is 9.37. The Morgan fingerprint density at radius 1 is 1.13 bits per heavy atom. The molecule has 0 bridgehead atoms. The lowest BCUT2D eigenvalue weighted by Crippen LogP contribution is -2.30. The van der Waals surface area contributed by atoms with E-state index in [-0.39, 0.29) is 5.97 Å². The molecule has 1 aliphatic rings. The zero-order valence-corrected chi connectivity index (χ0v) is 18.9. The quantitative estimate of drug-likeness (QED) is 0.473. The maximum Gasteiger partial charge on any atom is 0.307 e. The minimum atomic E-state index is -0.170. The number of esters is 1. The second kappa shape index (κ2) is 10.3. The Kier molecular flexibility index (Phi) is 7.70. The van der Waals surface area contributed by atoms with E-state index in [4.69, 9.17) is 9.47 Å². The predicted octanol–water partition coefficient (Wildman–Crippen LogP) is 5.26. The Bertz CT molecular complexity index is 836. The lowest BCUT2D eigenvalue weighted by molar-refractivity contribution is -0.142. The maximum absolute atomic E-state index is 11.4. The van der Waals surface area contributed by atoms with Crippen LogP contribution < -0.4 is 10.1 Å². The molecular weight excluding hydrogens is 376 g/mol. The fraction of sp³-hybridized carbons (Fsp3) is 0.600. The van der Waals surface area contributed by atoms with Gasteiger partial charge < -0.3 is 14.8 Å². The second-order valence-corrected chi connectivity index (χ2v) is 9.37. The molecule has 164 valence electrons. The third kappa shape index (κ3) is 6.43. The van der Waals surface area contributed by atoms with Gasteiger partial charge in [0.05, 0.1) is 24.8 Å². The van der Waals surface area contributed by atoms with Crippen molar-refractivity contribution in [1.29, 1.82) is 0 Å². The minimum absolute atomic E-state index is 0.170. The number of carbonyl (C=O) groups is 1. The van der Waals surface area contributed by atoms with Crippen LogP contribution in [0.5, 0.6) is 5.75 Å². The zero-order chi connectivity index (χ0) is 21.6. The number of hydrogen-bond acceptors (Lipinski definition) is 5. The van der Waals surface area contributed by atoms with Gasteiger partial charge in [-0.25, -0.2) is 0 Å². The monoisotopic (exact) mass is 412 g/mol. The Balaban J connectivity index is 1.51. The molecule has 2 aromatic rings. The first kappa shape index (κ1) is 22.5. The van der Waals surface area contributed by atoms with E-state index in [1.54, 1.807) is 0 Å². The lowest BCUT2D eigenvalue weighted by atomic mass is 9.72. The van der Waals surface area contributed by atoms with E-state index < -0.39 is 0 Å². The predicted molar refractivity (Wildman–Crippen MR) is 121 cm³/mol. The van der Waals surface area contributed by atoms with Gasteiger partial charge in [-0.1, -0.05) is 26.8 Å². The summed E-state index contributed by atoms with van der Waals surface area (Å²) in [5, 5.41) is 5.49. The number of hydrogen-bond donors (Lipinski definition) is 1. The van der Waals surface area contributed by atoms with Crippen molar-refractivity contribution < 1.29 is 14.3 Å². The molecule has 0 unspecified atom stereocenters. The standard InChI is InChI=1S/C25H36N2O3/c1-5-29-24(28)12-13-26-17-21-14-18-6-9-23(15-19(18)16-27-21)30-22-10-7-20(8-11-22)25(2,3)4/h6,9,14-16,20,22,26H,5,7-8,10-13,17H2,1-4H3/t20-,22-. The van der Waals surface area contributed by atoms with E-state index in [2.05, 4.69) is 55.3 Å². The highest BCUT2D eigenvalue weighted by Crippen LogP contribution is 2.38. The van der Waals surface area contributed by atoms with Crippen LogP contribution in [-0.4, -0.2) is 30.2 Å². The van der Waals surface area contributed by atoms with Crippen molar-refractivity contribution in [2.45, 2.75) is 72.4 Å². The molecule has 1 aliphatic carbocycles. The van der Waals surface area contributed by atoms with Gasteiger partial charge >= 0.3 is 5.97 Å². The van der Waals surface area contributed by atoms with Crippen LogP contribution in [0, 0.1) is 11.3 Å². The van der Waals surface area contributed by atoms with Gasteiger partial charge in [-0.05, 0) is 67.5 Å². The van der Waals surface area contributed by atoms with Crippen LogP contribution in [0.3, 0.4) is 0 Å². The molecule has 0 atom stereocenters. The average Bonchev–Trinajstić information content (AvgIpc) is 2.71. The van der Waals surface area contributed by atoms with Crippen molar-refractivity contribution in [3.63, 3.8) is 0 Å². The van der Waals surface area contributed by atoms with Crippen LogP contribution in [0.1, 0.15) is 65.5 Å². The summed E-state index contributed by atoms with van der Waals surface area (Å²) in [6.07, 6.45) is 7.35. The number of ether oxygens (including phenoxy) is 2. The smallest absolute Gasteiger partial charge is 0.307 e. The molecule has 0 saturated heterocycles. The molecule has 1 saturated carbocycles. The van der Waals surface area contributed by atoms with E-state index >= 15 is 0 Å². The van der Waals surface area contributed by atoms with E-state index in [0.29, 0.717) is 37.6 Å². The Hall–Kier alpha value is -2.14. The Morgan fingerprint density at radius 3 is 2.60 bits per heavy atom. The third-order valence-corrected chi connectivity index (χ3v) is 6.07. The maximum atomic E-state index is 11.4. The van der Waals surface area contributed by atoms with Crippen LogP contribution in [0.25, 0.3) is 10.8 Å². The van der Waals surface area contributed by atoms with Gasteiger partial charge in [-0.15, -0.1) is 0 Å². The number of nitrogens with zero attached hydrogens (tertiary/aromatic N) is 1. The first-order valence-electron chi connectivity index (χ1n) is 11.3. The molecule has 1 heterocycles. The number of benzene rings is 1. The van der Waals surface area contributed by atoms with Crippen molar-refractivity contribution in [3.05, 3.63) is 36.2 Å². The molecule has 0 spiro atoms. The number of carbonyl (C=O) groups excluding carboxylic acids is 1.